The van der Waals surface area contributed by atoms with Crippen LogP contribution in [0.1, 0.15) is 22.1 Å². The summed E-state index contributed by atoms with van der Waals surface area (Å²) in [6, 6.07) is 9.88. The first-order valence-electron chi connectivity index (χ1n) is 8.92. The third-order valence-electron chi connectivity index (χ3n) is 4.43. The number of ether oxygens (including phenoxy) is 1. The summed E-state index contributed by atoms with van der Waals surface area (Å²) in [4.78, 5) is 37.2. The quantitative estimate of drug-likeness (QED) is 0.326. The Labute approximate surface area is 183 Å². The van der Waals surface area contributed by atoms with Crippen molar-refractivity contribution in [2.75, 3.05) is 7.11 Å². The molecule has 0 aliphatic carbocycles. The lowest BCUT2D eigenvalue weighted by atomic mass is 10.1. The van der Waals surface area contributed by atoms with Crippen molar-refractivity contribution in [3.05, 3.63) is 75.7 Å². The van der Waals surface area contributed by atoms with Crippen LogP contribution in [-0.2, 0) is 16.1 Å². The van der Waals surface area contributed by atoms with Crippen molar-refractivity contribution in [2.45, 2.75) is 6.54 Å². The van der Waals surface area contributed by atoms with Crippen LogP contribution in [0, 0.1) is 5.82 Å². The fourth-order valence-corrected chi connectivity index (χ4v) is 3.28. The predicted molar refractivity (Wildman–Crippen MR) is 109 cm³/mol. The van der Waals surface area contributed by atoms with E-state index in [-0.39, 0.29) is 40.8 Å². The van der Waals surface area contributed by atoms with Crippen LogP contribution in [0.4, 0.5) is 9.18 Å². The zero-order chi connectivity index (χ0) is 22.1. The number of hydrogen-bond acceptors (Lipinski definition) is 6. The first kappa shape index (κ1) is 20.6. The summed E-state index contributed by atoms with van der Waals surface area (Å²) in [6.45, 7) is -0.174. The van der Waals surface area contributed by atoms with Gasteiger partial charge in [-0.25, -0.2) is 14.0 Å². The molecule has 0 atom stereocenters. The lowest BCUT2D eigenvalue weighted by molar-refractivity contribution is -0.123. The summed E-state index contributed by atoms with van der Waals surface area (Å²) in [7, 11) is 1.21. The number of esters is 1. The summed E-state index contributed by atoms with van der Waals surface area (Å²) in [5.74, 6) is -1.01. The largest absolute Gasteiger partial charge is 0.463 e. The SMILES string of the molecule is COC(=O)c1ccc(CN2C(=O)N/C(=C\c3ccc(-c4ccc(Br)cc4F)o3)C2=O)o1. The third kappa shape index (κ3) is 4.15. The van der Waals surface area contributed by atoms with Crippen LogP contribution in [0.25, 0.3) is 17.4 Å². The maximum atomic E-state index is 14.1. The molecule has 0 saturated carbocycles. The molecule has 0 unspecified atom stereocenters. The maximum absolute atomic E-state index is 14.1. The number of furan rings is 2. The Balaban J connectivity index is 1.51. The summed E-state index contributed by atoms with van der Waals surface area (Å²) in [6.07, 6.45) is 1.35. The number of carbonyl (C=O) groups is 3. The number of urea groups is 1. The molecule has 3 amide bonds. The highest BCUT2D eigenvalue weighted by Crippen LogP contribution is 2.28. The van der Waals surface area contributed by atoms with Gasteiger partial charge in [0.15, 0.2) is 0 Å². The standard InChI is InChI=1S/C21H14BrFN2O6/c1-29-20(27)18-7-4-13(31-18)10-25-19(26)16(24-21(25)28)9-12-3-6-17(30-12)14-5-2-11(22)8-15(14)23/h2-9H,10H2,1H3,(H,24,28)/b16-9-. The number of hydrogen-bond donors (Lipinski definition) is 1. The van der Waals surface area contributed by atoms with Gasteiger partial charge < -0.3 is 18.9 Å². The van der Waals surface area contributed by atoms with Crippen LogP contribution in [0.5, 0.6) is 0 Å². The number of rotatable bonds is 5. The molecule has 0 bridgehead atoms. The van der Waals surface area contributed by atoms with Crippen LogP contribution in [0.2, 0.25) is 0 Å². The number of nitrogens with one attached hydrogen (secondary N) is 1. The normalized spacial score (nSPS) is 14.9. The number of benzene rings is 1. The third-order valence-corrected chi connectivity index (χ3v) is 4.93. The zero-order valence-electron chi connectivity index (χ0n) is 16.0. The van der Waals surface area contributed by atoms with E-state index in [0.717, 1.165) is 4.90 Å². The molecule has 8 nitrogen and oxygen atoms in total. The molecule has 1 aliphatic heterocycles. The maximum Gasteiger partial charge on any atom is 0.373 e. The van der Waals surface area contributed by atoms with Crippen molar-refractivity contribution in [1.29, 1.82) is 0 Å². The van der Waals surface area contributed by atoms with Gasteiger partial charge in [0.05, 0.1) is 19.2 Å². The smallest absolute Gasteiger partial charge is 0.373 e. The van der Waals surface area contributed by atoms with Crippen molar-refractivity contribution in [3.63, 3.8) is 0 Å². The van der Waals surface area contributed by atoms with Crippen LogP contribution in [-0.4, -0.2) is 29.9 Å². The van der Waals surface area contributed by atoms with Gasteiger partial charge in [-0.3, -0.25) is 9.69 Å². The van der Waals surface area contributed by atoms with Gasteiger partial charge in [0.25, 0.3) is 5.91 Å². The molecule has 1 aliphatic rings. The predicted octanol–water partition coefficient (Wildman–Crippen LogP) is 4.32. The Kier molecular flexibility index (Phi) is 5.47. The molecule has 31 heavy (non-hydrogen) atoms. The Morgan fingerprint density at radius 2 is 2.00 bits per heavy atom. The van der Waals surface area contributed by atoms with Crippen LogP contribution >= 0.6 is 15.9 Å². The minimum Gasteiger partial charge on any atom is -0.463 e. The Morgan fingerprint density at radius 1 is 1.19 bits per heavy atom. The van der Waals surface area contributed by atoms with Crippen LogP contribution in [0.15, 0.2) is 61.5 Å². The van der Waals surface area contributed by atoms with Crippen molar-refractivity contribution in [3.8, 4) is 11.3 Å². The number of nitrogens with zero attached hydrogens (tertiary/aromatic N) is 1. The van der Waals surface area contributed by atoms with E-state index in [1.165, 1.54) is 31.4 Å². The summed E-state index contributed by atoms with van der Waals surface area (Å²) in [5.41, 5.74) is 0.248. The second-order valence-corrected chi connectivity index (χ2v) is 7.38. The van der Waals surface area contributed by atoms with E-state index in [1.54, 1.807) is 24.3 Å². The van der Waals surface area contributed by atoms with Crippen molar-refractivity contribution in [2.24, 2.45) is 0 Å². The highest BCUT2D eigenvalue weighted by Gasteiger charge is 2.34. The molecule has 1 N–H and O–H groups in total. The lowest BCUT2D eigenvalue weighted by Crippen LogP contribution is -2.30. The van der Waals surface area contributed by atoms with E-state index in [0.29, 0.717) is 4.47 Å². The van der Waals surface area contributed by atoms with Crippen LogP contribution in [0.3, 0.4) is 0 Å². The fourth-order valence-electron chi connectivity index (χ4n) is 2.95. The Morgan fingerprint density at radius 3 is 2.74 bits per heavy atom. The minimum atomic E-state index is -0.667. The van der Waals surface area contributed by atoms with Gasteiger partial charge in [0.1, 0.15) is 28.8 Å². The Bertz CT molecular complexity index is 1230. The molecule has 1 saturated heterocycles. The van der Waals surface area contributed by atoms with Gasteiger partial charge in [-0.05, 0) is 42.5 Å². The summed E-state index contributed by atoms with van der Waals surface area (Å²) >= 11 is 3.19. The second-order valence-electron chi connectivity index (χ2n) is 6.46. The average Bonchev–Trinajstić information content (AvgIpc) is 3.45. The molecular weight excluding hydrogens is 475 g/mol. The summed E-state index contributed by atoms with van der Waals surface area (Å²) < 4.78 is 30.2. The number of methoxy groups -OCH3 is 1. The topological polar surface area (TPSA) is 102 Å². The monoisotopic (exact) mass is 488 g/mol. The lowest BCUT2D eigenvalue weighted by Gasteiger charge is -2.09. The molecule has 1 aromatic carbocycles. The molecule has 0 spiro atoms. The summed E-state index contributed by atoms with van der Waals surface area (Å²) in [5, 5.41) is 2.46. The first-order chi connectivity index (χ1) is 14.9. The van der Waals surface area contributed by atoms with E-state index in [9.17, 15) is 18.8 Å². The minimum absolute atomic E-state index is 0.0121. The second kappa shape index (κ2) is 8.23. The average molecular weight is 489 g/mol. The van der Waals surface area contributed by atoms with Crippen molar-refractivity contribution in [1.82, 2.24) is 10.2 Å². The molecule has 4 rings (SSSR count). The van der Waals surface area contributed by atoms with E-state index < -0.39 is 23.7 Å². The number of carbonyl (C=O) groups excluding carboxylic acids is 3. The zero-order valence-corrected chi connectivity index (χ0v) is 17.6. The molecule has 2 aromatic heterocycles. The molecule has 3 aromatic rings. The molecule has 10 heteroatoms. The highest BCUT2D eigenvalue weighted by atomic mass is 79.9. The molecule has 0 radical (unpaired) electrons. The Hall–Kier alpha value is -3.66. The number of imide groups is 1. The number of amides is 3. The van der Waals surface area contributed by atoms with E-state index in [4.69, 9.17) is 8.83 Å². The molecule has 158 valence electrons. The van der Waals surface area contributed by atoms with Gasteiger partial charge in [-0.1, -0.05) is 15.9 Å². The molecule has 3 heterocycles. The van der Waals surface area contributed by atoms with E-state index in [2.05, 4.69) is 26.0 Å². The fraction of sp³-hybridized carbons (Fsp3) is 0.0952. The number of halogens is 2. The highest BCUT2D eigenvalue weighted by molar-refractivity contribution is 9.10. The first-order valence-corrected chi connectivity index (χ1v) is 9.72. The van der Waals surface area contributed by atoms with Gasteiger partial charge in [-0.15, -0.1) is 0 Å². The molecule has 1 fully saturated rings. The van der Waals surface area contributed by atoms with Gasteiger partial charge in [-0.2, -0.15) is 0 Å². The van der Waals surface area contributed by atoms with Crippen molar-refractivity contribution >= 4 is 39.9 Å². The van der Waals surface area contributed by atoms with Crippen molar-refractivity contribution < 1.29 is 32.3 Å². The van der Waals surface area contributed by atoms with Gasteiger partial charge in [0.2, 0.25) is 5.76 Å². The van der Waals surface area contributed by atoms with Gasteiger partial charge >= 0.3 is 12.0 Å². The van der Waals surface area contributed by atoms with E-state index >= 15 is 0 Å². The van der Waals surface area contributed by atoms with Crippen LogP contribution < -0.4 is 5.32 Å². The van der Waals surface area contributed by atoms with Gasteiger partial charge in [0, 0.05) is 10.5 Å². The molecular formula is C21H14BrFN2O6. The van der Waals surface area contributed by atoms with E-state index in [1.807, 2.05) is 0 Å².